The molecule has 0 spiro atoms. The van der Waals surface area contributed by atoms with Crippen molar-refractivity contribution in [2.75, 3.05) is 13.2 Å². The van der Waals surface area contributed by atoms with E-state index in [0.29, 0.717) is 30.3 Å². The number of rotatable bonds is 5. The van der Waals surface area contributed by atoms with Gasteiger partial charge in [0.15, 0.2) is 17.3 Å². The van der Waals surface area contributed by atoms with Gasteiger partial charge < -0.3 is 9.47 Å². The van der Waals surface area contributed by atoms with E-state index in [-0.39, 0.29) is 11.7 Å². The van der Waals surface area contributed by atoms with Crippen LogP contribution in [0.2, 0.25) is 0 Å². The maximum Gasteiger partial charge on any atom is 0.161 e. The number of benzene rings is 1. The lowest BCUT2D eigenvalue weighted by Gasteiger charge is -2.20. The first kappa shape index (κ1) is 14.4. The Morgan fingerprint density at radius 1 is 1.35 bits per heavy atom. The largest absolute Gasteiger partial charge is 0.486 e. The molecule has 1 aromatic carbocycles. The number of ketones is 1. The molecule has 0 saturated heterocycles. The molecule has 0 aromatic heterocycles. The van der Waals surface area contributed by atoms with E-state index < -0.39 is 5.92 Å². The number of hydrogen-bond donors (Lipinski definition) is 0. The van der Waals surface area contributed by atoms with E-state index in [4.69, 9.17) is 9.47 Å². The summed E-state index contributed by atoms with van der Waals surface area (Å²) in [4.78, 5) is 12.3. The van der Waals surface area contributed by atoms with Crippen molar-refractivity contribution >= 4 is 5.78 Å². The SMILES string of the molecule is CCCC(C)C(=O)C(C#N)c1ccc2c(c1)OCCO2. The summed E-state index contributed by atoms with van der Waals surface area (Å²) in [6.45, 7) is 4.94. The van der Waals surface area contributed by atoms with Crippen molar-refractivity contribution < 1.29 is 14.3 Å². The summed E-state index contributed by atoms with van der Waals surface area (Å²) >= 11 is 0. The van der Waals surface area contributed by atoms with E-state index >= 15 is 0 Å². The highest BCUT2D eigenvalue weighted by atomic mass is 16.6. The smallest absolute Gasteiger partial charge is 0.161 e. The lowest BCUT2D eigenvalue weighted by atomic mass is 9.87. The van der Waals surface area contributed by atoms with Gasteiger partial charge in [-0.2, -0.15) is 5.26 Å². The van der Waals surface area contributed by atoms with Gasteiger partial charge in [-0.25, -0.2) is 0 Å². The van der Waals surface area contributed by atoms with Gasteiger partial charge in [-0.3, -0.25) is 4.79 Å². The lowest BCUT2D eigenvalue weighted by Crippen LogP contribution is -2.20. The van der Waals surface area contributed by atoms with Crippen LogP contribution < -0.4 is 9.47 Å². The second-order valence-electron chi connectivity index (χ2n) is 5.06. The van der Waals surface area contributed by atoms with Gasteiger partial charge in [0.25, 0.3) is 0 Å². The molecule has 4 nitrogen and oxygen atoms in total. The highest BCUT2D eigenvalue weighted by Crippen LogP contribution is 2.34. The summed E-state index contributed by atoms with van der Waals surface area (Å²) in [5, 5.41) is 9.33. The first-order chi connectivity index (χ1) is 9.67. The molecule has 2 unspecified atom stereocenters. The van der Waals surface area contributed by atoms with Gasteiger partial charge in [0.1, 0.15) is 19.1 Å². The van der Waals surface area contributed by atoms with E-state index in [0.717, 1.165) is 12.8 Å². The molecule has 4 heteroatoms. The van der Waals surface area contributed by atoms with Gasteiger partial charge in [0.2, 0.25) is 0 Å². The molecule has 0 amide bonds. The third-order valence-electron chi connectivity index (χ3n) is 3.52. The Labute approximate surface area is 119 Å². The van der Waals surface area contributed by atoms with Crippen molar-refractivity contribution in [1.82, 2.24) is 0 Å². The molecule has 106 valence electrons. The van der Waals surface area contributed by atoms with Crippen molar-refractivity contribution in [2.24, 2.45) is 5.92 Å². The summed E-state index contributed by atoms with van der Waals surface area (Å²) in [6, 6.07) is 7.41. The van der Waals surface area contributed by atoms with Crippen molar-refractivity contribution in [2.45, 2.75) is 32.6 Å². The van der Waals surface area contributed by atoms with Crippen LogP contribution in [0, 0.1) is 17.2 Å². The van der Waals surface area contributed by atoms with Crippen molar-refractivity contribution in [3.8, 4) is 17.6 Å². The molecule has 2 atom stereocenters. The second-order valence-corrected chi connectivity index (χ2v) is 5.06. The predicted molar refractivity (Wildman–Crippen MR) is 74.9 cm³/mol. The first-order valence-electron chi connectivity index (χ1n) is 7.00. The normalized spacial score (nSPS) is 16.1. The molecule has 0 aliphatic carbocycles. The molecule has 0 bridgehead atoms. The lowest BCUT2D eigenvalue weighted by molar-refractivity contribution is -0.122. The summed E-state index contributed by atoms with van der Waals surface area (Å²) in [6.07, 6.45) is 1.74. The Balaban J connectivity index is 2.24. The van der Waals surface area contributed by atoms with E-state index in [2.05, 4.69) is 6.07 Å². The number of carbonyl (C=O) groups is 1. The van der Waals surface area contributed by atoms with Crippen LogP contribution >= 0.6 is 0 Å². The zero-order valence-corrected chi connectivity index (χ0v) is 11.9. The molecule has 1 aliphatic rings. The van der Waals surface area contributed by atoms with Crippen LogP contribution in [0.5, 0.6) is 11.5 Å². The third kappa shape index (κ3) is 2.93. The third-order valence-corrected chi connectivity index (χ3v) is 3.52. The van der Waals surface area contributed by atoms with Crippen molar-refractivity contribution in [1.29, 1.82) is 5.26 Å². The van der Waals surface area contributed by atoms with Crippen LogP contribution in [-0.4, -0.2) is 19.0 Å². The molecule has 1 aromatic rings. The first-order valence-corrected chi connectivity index (χ1v) is 7.00. The quantitative estimate of drug-likeness (QED) is 0.827. The van der Waals surface area contributed by atoms with Gasteiger partial charge in [0.05, 0.1) is 6.07 Å². The van der Waals surface area contributed by atoms with E-state index in [9.17, 15) is 10.1 Å². The van der Waals surface area contributed by atoms with Crippen LogP contribution in [0.25, 0.3) is 0 Å². The van der Waals surface area contributed by atoms with Crippen molar-refractivity contribution in [3.05, 3.63) is 23.8 Å². The molecule has 2 rings (SSSR count). The minimum atomic E-state index is -0.729. The summed E-state index contributed by atoms with van der Waals surface area (Å²) < 4.78 is 10.9. The number of fused-ring (bicyclic) bond motifs is 1. The van der Waals surface area contributed by atoms with Crippen LogP contribution in [-0.2, 0) is 4.79 Å². The molecule has 20 heavy (non-hydrogen) atoms. The Morgan fingerprint density at radius 3 is 2.70 bits per heavy atom. The highest BCUT2D eigenvalue weighted by molar-refractivity contribution is 5.90. The maximum absolute atomic E-state index is 12.3. The zero-order valence-electron chi connectivity index (χ0n) is 11.9. The number of nitriles is 1. The standard InChI is InChI=1S/C16H19NO3/c1-3-4-11(2)16(18)13(10-17)12-5-6-14-15(9-12)20-8-7-19-14/h5-6,9,11,13H,3-4,7-8H2,1-2H3. The Hall–Kier alpha value is -2.02. The Bertz CT molecular complexity index is 533. The van der Waals surface area contributed by atoms with Crippen molar-refractivity contribution in [3.63, 3.8) is 0 Å². The second kappa shape index (κ2) is 6.42. The fraction of sp³-hybridized carbons (Fsp3) is 0.500. The summed E-state index contributed by atoms with van der Waals surface area (Å²) in [5.74, 6) is 0.437. The fourth-order valence-electron chi connectivity index (χ4n) is 2.40. The van der Waals surface area contributed by atoms with E-state index in [1.54, 1.807) is 18.2 Å². The van der Waals surface area contributed by atoms with Crippen LogP contribution in [0.3, 0.4) is 0 Å². The van der Waals surface area contributed by atoms with Gasteiger partial charge in [-0.15, -0.1) is 0 Å². The number of carbonyl (C=O) groups excluding carboxylic acids is 1. The maximum atomic E-state index is 12.3. The average Bonchev–Trinajstić information content (AvgIpc) is 2.48. The molecular formula is C16H19NO3. The molecule has 0 fully saturated rings. The van der Waals surface area contributed by atoms with Gasteiger partial charge in [0, 0.05) is 5.92 Å². The number of ether oxygens (including phenoxy) is 2. The summed E-state index contributed by atoms with van der Waals surface area (Å²) in [7, 11) is 0. The predicted octanol–water partition coefficient (Wildman–Crippen LogP) is 3.07. The minimum Gasteiger partial charge on any atom is -0.486 e. The van der Waals surface area contributed by atoms with E-state index in [1.165, 1.54) is 0 Å². The van der Waals surface area contributed by atoms with Crippen LogP contribution in [0.4, 0.5) is 0 Å². The molecule has 0 radical (unpaired) electrons. The minimum absolute atomic E-state index is 0.0222. The molecule has 0 N–H and O–H groups in total. The Morgan fingerprint density at radius 2 is 2.05 bits per heavy atom. The van der Waals surface area contributed by atoms with Crippen LogP contribution in [0.1, 0.15) is 38.2 Å². The molecular weight excluding hydrogens is 254 g/mol. The fourth-order valence-corrected chi connectivity index (χ4v) is 2.40. The zero-order chi connectivity index (χ0) is 14.5. The molecule has 1 aliphatic heterocycles. The van der Waals surface area contributed by atoms with Gasteiger partial charge in [-0.05, 0) is 24.1 Å². The molecule has 1 heterocycles. The van der Waals surface area contributed by atoms with E-state index in [1.807, 2.05) is 13.8 Å². The number of nitrogens with zero attached hydrogens (tertiary/aromatic N) is 1. The average molecular weight is 273 g/mol. The topological polar surface area (TPSA) is 59.3 Å². The summed E-state index contributed by atoms with van der Waals surface area (Å²) in [5.41, 5.74) is 0.685. The number of hydrogen-bond acceptors (Lipinski definition) is 4. The Kier molecular flexibility index (Phi) is 4.62. The molecule has 0 saturated carbocycles. The van der Waals surface area contributed by atoms with Gasteiger partial charge >= 0.3 is 0 Å². The van der Waals surface area contributed by atoms with Crippen LogP contribution in [0.15, 0.2) is 18.2 Å². The monoisotopic (exact) mass is 273 g/mol. The highest BCUT2D eigenvalue weighted by Gasteiger charge is 2.26. The van der Waals surface area contributed by atoms with Gasteiger partial charge in [-0.1, -0.05) is 26.3 Å². The number of Topliss-reactive ketones (excluding diaryl/α,β-unsaturated/α-hetero) is 1.